The summed E-state index contributed by atoms with van der Waals surface area (Å²) >= 11 is 0. The molecule has 312 valence electrons. The lowest BCUT2D eigenvalue weighted by Crippen LogP contribution is -2.59. The molecule has 0 unspecified atom stereocenters. The van der Waals surface area contributed by atoms with Crippen LogP contribution in [0.2, 0.25) is 0 Å². The van der Waals surface area contributed by atoms with Gasteiger partial charge in [-0.2, -0.15) is 0 Å². The zero-order valence-electron chi connectivity index (χ0n) is 32.4. The average Bonchev–Trinajstić information content (AvgIpc) is 3.88. The number of carboxylic acids is 1. The zero-order valence-corrected chi connectivity index (χ0v) is 32.4. The monoisotopic (exact) mass is 805 g/mol. The molecule has 58 heavy (non-hydrogen) atoms. The highest BCUT2D eigenvalue weighted by Crippen LogP contribution is 2.24. The van der Waals surface area contributed by atoms with Crippen molar-refractivity contribution in [2.24, 2.45) is 5.92 Å². The first-order valence-corrected chi connectivity index (χ1v) is 19.5. The van der Waals surface area contributed by atoms with Gasteiger partial charge in [0.25, 0.3) is 0 Å². The lowest BCUT2D eigenvalue weighted by Gasteiger charge is -2.32. The first-order chi connectivity index (χ1) is 27.6. The van der Waals surface area contributed by atoms with E-state index in [1.165, 1.54) is 34.1 Å². The first kappa shape index (κ1) is 42.9. The molecule has 7 amide bonds. The van der Waals surface area contributed by atoms with Crippen LogP contribution in [0.4, 0.5) is 0 Å². The number of rotatable bonds is 8. The third-order valence-corrected chi connectivity index (χ3v) is 10.5. The maximum absolute atomic E-state index is 14.5. The van der Waals surface area contributed by atoms with Crippen LogP contribution < -0.4 is 26.6 Å². The molecular formula is C40H51N7O11. The smallest absolute Gasteiger partial charge is 0.305 e. The number of aliphatic carboxylic acids is 1. The Morgan fingerprint density at radius 3 is 1.53 bits per heavy atom. The Hall–Kier alpha value is -6.20. The van der Waals surface area contributed by atoms with Gasteiger partial charge in [0.05, 0.1) is 13.0 Å². The van der Waals surface area contributed by atoms with E-state index >= 15 is 0 Å². The minimum absolute atomic E-state index is 0.0137. The Labute approximate surface area is 335 Å². The summed E-state index contributed by atoms with van der Waals surface area (Å²) in [5, 5.41) is 42.3. The number of aromatic hydroxyl groups is 2. The van der Waals surface area contributed by atoms with Crippen LogP contribution in [0.25, 0.3) is 0 Å². The second kappa shape index (κ2) is 19.3. The summed E-state index contributed by atoms with van der Waals surface area (Å²) < 4.78 is 0. The molecule has 6 atom stereocenters. The van der Waals surface area contributed by atoms with Crippen LogP contribution in [0.3, 0.4) is 0 Å². The van der Waals surface area contributed by atoms with Crippen LogP contribution in [-0.4, -0.2) is 128 Å². The molecule has 2 aromatic carbocycles. The van der Waals surface area contributed by atoms with Gasteiger partial charge in [0, 0.05) is 25.9 Å². The minimum Gasteiger partial charge on any atom is -0.508 e. The number of phenolic OH excluding ortho intramolecular Hbond substituents is 2. The number of hydrogen-bond donors (Lipinski definition) is 8. The Balaban J connectivity index is 1.53. The van der Waals surface area contributed by atoms with Gasteiger partial charge in [-0.3, -0.25) is 38.4 Å². The van der Waals surface area contributed by atoms with Crippen molar-refractivity contribution < 1.29 is 53.7 Å². The van der Waals surface area contributed by atoms with E-state index in [1.54, 1.807) is 24.3 Å². The molecule has 0 bridgehead atoms. The molecule has 3 saturated heterocycles. The molecule has 18 heteroatoms. The molecule has 0 saturated carbocycles. The number of carboxylic acid groups (broad SMARTS) is 1. The molecule has 8 N–H and O–H groups in total. The number of hydrogen-bond acceptors (Lipinski definition) is 10. The molecule has 0 spiro atoms. The highest BCUT2D eigenvalue weighted by molar-refractivity contribution is 5.99. The lowest BCUT2D eigenvalue weighted by molar-refractivity contribution is -0.145. The molecule has 0 aliphatic carbocycles. The van der Waals surface area contributed by atoms with Gasteiger partial charge in [0.1, 0.15) is 47.8 Å². The van der Waals surface area contributed by atoms with E-state index in [0.29, 0.717) is 24.0 Å². The summed E-state index contributed by atoms with van der Waals surface area (Å²) in [6.07, 6.45) is 0.423. The van der Waals surface area contributed by atoms with Gasteiger partial charge in [0.15, 0.2) is 0 Å². The standard InChI is InChI=1S/C40H51N7O11/c1-22(2)17-27-36(54)44-29(18-23-7-11-25(48)12-8-23)39(57)47-16-4-6-32(47)38(56)45-30(19-24-9-13-26(49)14-10-24)40(58)46-15-3-5-31(46)37(55)43-28(20-34(51)52)35(53)41-21-33(50)42-27/h7-14,22,27-32,48-49H,3-6,15-21H2,1-2H3,(H,41,53)(H,42,50)(H,43,55)(H,44,54)(H,45,56)(H,51,52)/t27-,28-,29-,30-,31-,32-/m0/s1. The van der Waals surface area contributed by atoms with Gasteiger partial charge in [-0.25, -0.2) is 0 Å². The predicted molar refractivity (Wildman–Crippen MR) is 206 cm³/mol. The Morgan fingerprint density at radius 1 is 0.638 bits per heavy atom. The molecule has 5 rings (SSSR count). The number of nitrogens with one attached hydrogen (secondary N) is 5. The van der Waals surface area contributed by atoms with Gasteiger partial charge < -0.3 is 51.7 Å². The van der Waals surface area contributed by atoms with E-state index in [0.717, 1.165) is 0 Å². The number of nitrogens with zero attached hydrogens (tertiary/aromatic N) is 2. The molecule has 2 aromatic rings. The van der Waals surface area contributed by atoms with Crippen molar-refractivity contribution in [2.75, 3.05) is 19.6 Å². The minimum atomic E-state index is -1.63. The summed E-state index contributed by atoms with van der Waals surface area (Å²) in [5.74, 6) is -6.76. The van der Waals surface area contributed by atoms with Crippen molar-refractivity contribution in [1.29, 1.82) is 0 Å². The molecule has 3 aliphatic heterocycles. The van der Waals surface area contributed by atoms with E-state index < -0.39 is 96.5 Å². The van der Waals surface area contributed by atoms with Gasteiger partial charge in [-0.1, -0.05) is 38.1 Å². The normalized spacial score (nSPS) is 25.5. The summed E-state index contributed by atoms with van der Waals surface area (Å²) in [5.41, 5.74) is 1.14. The molecule has 18 nitrogen and oxygen atoms in total. The van der Waals surface area contributed by atoms with E-state index in [2.05, 4.69) is 26.6 Å². The molecule has 0 radical (unpaired) electrons. The maximum atomic E-state index is 14.5. The molecule has 3 fully saturated rings. The van der Waals surface area contributed by atoms with E-state index in [4.69, 9.17) is 0 Å². The van der Waals surface area contributed by atoms with Crippen molar-refractivity contribution in [2.45, 2.75) is 101 Å². The molecule has 0 aromatic heterocycles. The zero-order chi connectivity index (χ0) is 42.1. The second-order valence-electron chi connectivity index (χ2n) is 15.4. The van der Waals surface area contributed by atoms with Gasteiger partial charge in [-0.15, -0.1) is 0 Å². The third kappa shape index (κ3) is 11.2. The molecular weight excluding hydrogens is 754 g/mol. The van der Waals surface area contributed by atoms with Crippen molar-refractivity contribution in [1.82, 2.24) is 36.4 Å². The highest BCUT2D eigenvalue weighted by atomic mass is 16.4. The first-order valence-electron chi connectivity index (χ1n) is 19.5. The van der Waals surface area contributed by atoms with E-state index in [1.807, 2.05) is 13.8 Å². The second-order valence-corrected chi connectivity index (χ2v) is 15.4. The number of amides is 7. The van der Waals surface area contributed by atoms with Crippen LogP contribution in [0.15, 0.2) is 48.5 Å². The SMILES string of the molecule is CC(C)C[C@@H]1NC(=O)CNC(=O)[C@H](CC(=O)O)NC(=O)[C@@H]2CCCN2C(=O)[C@H](Cc2ccc(O)cc2)NC(=O)[C@@H]2CCCN2C(=O)[C@H](Cc2ccc(O)cc2)NC1=O. The van der Waals surface area contributed by atoms with Gasteiger partial charge in [-0.05, 0) is 73.4 Å². The summed E-state index contributed by atoms with van der Waals surface area (Å²) in [4.78, 5) is 112. The van der Waals surface area contributed by atoms with Crippen molar-refractivity contribution in [3.8, 4) is 11.5 Å². The fourth-order valence-corrected chi connectivity index (χ4v) is 7.57. The Morgan fingerprint density at radius 2 is 1.09 bits per heavy atom. The summed E-state index contributed by atoms with van der Waals surface area (Å²) in [6, 6.07) is 4.54. The number of carbonyl (C=O) groups excluding carboxylic acids is 7. The van der Waals surface area contributed by atoms with Crippen LogP contribution in [-0.2, 0) is 51.2 Å². The maximum Gasteiger partial charge on any atom is 0.305 e. The van der Waals surface area contributed by atoms with Crippen molar-refractivity contribution >= 4 is 47.3 Å². The van der Waals surface area contributed by atoms with Gasteiger partial charge in [0.2, 0.25) is 41.4 Å². The fraction of sp³-hybridized carbons (Fsp3) is 0.500. The largest absolute Gasteiger partial charge is 0.508 e. The lowest BCUT2D eigenvalue weighted by atomic mass is 10.00. The van der Waals surface area contributed by atoms with Crippen LogP contribution in [0.1, 0.15) is 63.5 Å². The molecule has 3 heterocycles. The average molecular weight is 806 g/mol. The topological polar surface area (TPSA) is 264 Å². The third-order valence-electron chi connectivity index (χ3n) is 10.5. The molecule has 3 aliphatic rings. The van der Waals surface area contributed by atoms with Crippen LogP contribution >= 0.6 is 0 Å². The highest BCUT2D eigenvalue weighted by Gasteiger charge is 2.43. The van der Waals surface area contributed by atoms with E-state index in [9.17, 15) is 53.7 Å². The number of fused-ring (bicyclic) bond motifs is 2. The van der Waals surface area contributed by atoms with Crippen molar-refractivity contribution in [3.63, 3.8) is 0 Å². The summed E-state index contributed by atoms with van der Waals surface area (Å²) in [6.45, 7) is 3.22. The number of carbonyl (C=O) groups is 8. The number of benzene rings is 2. The fourth-order valence-electron chi connectivity index (χ4n) is 7.57. The van der Waals surface area contributed by atoms with Crippen LogP contribution in [0.5, 0.6) is 11.5 Å². The predicted octanol–water partition coefficient (Wildman–Crippen LogP) is -0.545. The Bertz CT molecular complexity index is 1870. The van der Waals surface area contributed by atoms with Gasteiger partial charge >= 0.3 is 5.97 Å². The Kier molecular flexibility index (Phi) is 14.3. The number of phenols is 2. The quantitative estimate of drug-likeness (QED) is 0.168. The summed E-state index contributed by atoms with van der Waals surface area (Å²) in [7, 11) is 0. The van der Waals surface area contributed by atoms with E-state index in [-0.39, 0.29) is 62.6 Å². The van der Waals surface area contributed by atoms with Crippen LogP contribution in [0, 0.1) is 5.92 Å². The van der Waals surface area contributed by atoms with Crippen molar-refractivity contribution in [3.05, 3.63) is 59.7 Å².